The largest absolute Gasteiger partial charge is 0.497 e. The van der Waals surface area contributed by atoms with Crippen molar-refractivity contribution >= 4 is 17.7 Å². The highest BCUT2D eigenvalue weighted by atomic mass is 19.1. The van der Waals surface area contributed by atoms with Crippen LogP contribution in [0.5, 0.6) is 5.75 Å². The minimum Gasteiger partial charge on any atom is -0.497 e. The van der Waals surface area contributed by atoms with Crippen molar-refractivity contribution in [3.8, 4) is 5.75 Å². The Kier molecular flexibility index (Phi) is 14.8. The number of halogens is 1. The Balaban J connectivity index is 1.77. The van der Waals surface area contributed by atoms with Gasteiger partial charge in [-0.1, -0.05) is 56.3 Å². The molecular weight excluding hydrogens is 599 g/mol. The molecule has 10 heteroatoms. The van der Waals surface area contributed by atoms with E-state index in [1.165, 1.54) is 6.07 Å². The number of ether oxygens (including phenoxy) is 1. The van der Waals surface area contributed by atoms with E-state index in [1.54, 1.807) is 38.3 Å². The van der Waals surface area contributed by atoms with E-state index in [0.29, 0.717) is 41.9 Å². The van der Waals surface area contributed by atoms with E-state index in [1.807, 2.05) is 49.1 Å². The number of aliphatic hydroxyl groups excluding tert-OH is 1. The van der Waals surface area contributed by atoms with Crippen LogP contribution in [0, 0.1) is 12.7 Å². The Labute approximate surface area is 277 Å². The molecule has 254 valence electrons. The molecule has 0 unspecified atom stereocenters. The molecule has 0 aliphatic carbocycles. The van der Waals surface area contributed by atoms with Gasteiger partial charge in [0.15, 0.2) is 0 Å². The third-order valence-electron chi connectivity index (χ3n) is 7.86. The number of aryl methyl sites for hydroxylation is 1. The molecule has 0 aromatic heterocycles. The number of primary amides is 1. The highest BCUT2D eigenvalue weighted by molar-refractivity contribution is 5.81. The predicted octanol–water partition coefficient (Wildman–Crippen LogP) is 3.78. The fourth-order valence-corrected chi connectivity index (χ4v) is 5.64. The average molecular weight is 649 g/mol. The molecule has 2 atom stereocenters. The first-order chi connectivity index (χ1) is 22.5. The van der Waals surface area contributed by atoms with E-state index in [9.17, 15) is 23.9 Å². The summed E-state index contributed by atoms with van der Waals surface area (Å²) in [4.78, 5) is 40.2. The second kappa shape index (κ2) is 18.8. The number of amides is 3. The maximum Gasteiger partial charge on any atom is 0.226 e. The highest BCUT2D eigenvalue weighted by Gasteiger charge is 2.23. The molecule has 0 aliphatic heterocycles. The number of benzene rings is 3. The molecule has 9 nitrogen and oxygen atoms in total. The van der Waals surface area contributed by atoms with Crippen molar-refractivity contribution in [3.63, 3.8) is 0 Å². The minimum atomic E-state index is -0.965. The lowest BCUT2D eigenvalue weighted by molar-refractivity contribution is -0.130. The molecule has 0 saturated carbocycles. The van der Waals surface area contributed by atoms with E-state index < -0.39 is 18.1 Å². The Hall–Kier alpha value is -4.28. The molecule has 3 rings (SSSR count). The number of hydrogen-bond donors (Lipinski definition) is 4. The zero-order valence-corrected chi connectivity index (χ0v) is 28.0. The van der Waals surface area contributed by atoms with Crippen molar-refractivity contribution in [1.82, 2.24) is 15.5 Å². The molecule has 3 amide bonds. The molecule has 0 heterocycles. The summed E-state index contributed by atoms with van der Waals surface area (Å²) in [7, 11) is 1.60. The lowest BCUT2D eigenvalue weighted by atomic mass is 9.97. The summed E-state index contributed by atoms with van der Waals surface area (Å²) in [5.41, 5.74) is 9.66. The lowest BCUT2D eigenvalue weighted by Gasteiger charge is -2.25. The summed E-state index contributed by atoms with van der Waals surface area (Å²) < 4.78 is 19.3. The number of rotatable bonds is 19. The Morgan fingerprint density at radius 3 is 2.17 bits per heavy atom. The van der Waals surface area contributed by atoms with Gasteiger partial charge in [-0.2, -0.15) is 0 Å². The maximum atomic E-state index is 14.0. The van der Waals surface area contributed by atoms with E-state index >= 15 is 0 Å². The van der Waals surface area contributed by atoms with Crippen LogP contribution in [0.15, 0.2) is 60.7 Å². The molecule has 0 radical (unpaired) electrons. The van der Waals surface area contributed by atoms with Gasteiger partial charge < -0.3 is 31.1 Å². The number of aliphatic hydroxyl groups is 1. The van der Waals surface area contributed by atoms with Gasteiger partial charge in [0.25, 0.3) is 0 Å². The van der Waals surface area contributed by atoms with Crippen LogP contribution in [0.2, 0.25) is 0 Å². The standard InChI is InChI=1S/C37H49FN4O5/c1-5-12-42(13-6-2)37(46)22-30-16-28(20-35(39)44)15-29(17-30)21-36(45)41-33(19-26-10-11-32(38)25(3)14-26)34(43)24-40-23-27-8-7-9-31(18-27)47-4/h7-11,14-18,33-34,40,43H,5-6,12-13,19-24H2,1-4H3,(H2,39,44)(H,41,45)/t33-,34+/m0/s1. The third kappa shape index (κ3) is 12.4. The fraction of sp³-hybridized carbons (Fsp3) is 0.432. The molecule has 0 aliphatic rings. The average Bonchev–Trinajstić information content (AvgIpc) is 3.02. The normalized spacial score (nSPS) is 12.3. The van der Waals surface area contributed by atoms with Gasteiger partial charge in [0.2, 0.25) is 17.7 Å². The van der Waals surface area contributed by atoms with Gasteiger partial charge in [-0.05, 0) is 77.8 Å². The smallest absolute Gasteiger partial charge is 0.226 e. The van der Waals surface area contributed by atoms with Gasteiger partial charge in [0.1, 0.15) is 11.6 Å². The number of nitrogens with zero attached hydrogens (tertiary/aromatic N) is 1. The number of nitrogens with two attached hydrogens (primary N) is 1. The van der Waals surface area contributed by atoms with Crippen LogP contribution in [-0.4, -0.2) is 66.6 Å². The quantitative estimate of drug-likeness (QED) is 0.156. The lowest BCUT2D eigenvalue weighted by Crippen LogP contribution is -2.49. The number of methoxy groups -OCH3 is 1. The first kappa shape index (κ1) is 37.2. The summed E-state index contributed by atoms with van der Waals surface area (Å²) in [6, 6.07) is 17.0. The van der Waals surface area contributed by atoms with Crippen molar-refractivity contribution in [2.45, 2.75) is 78.0 Å². The van der Waals surface area contributed by atoms with Gasteiger partial charge in [0, 0.05) is 26.2 Å². The van der Waals surface area contributed by atoms with Crippen molar-refractivity contribution in [2.24, 2.45) is 5.73 Å². The summed E-state index contributed by atoms with van der Waals surface area (Å²) in [5, 5.41) is 17.5. The monoisotopic (exact) mass is 648 g/mol. The SMILES string of the molecule is CCCN(CCC)C(=O)Cc1cc(CC(N)=O)cc(CC(=O)N[C@@H](Cc2ccc(F)c(C)c2)[C@H](O)CNCc2cccc(OC)c2)c1. The topological polar surface area (TPSA) is 134 Å². The molecule has 0 saturated heterocycles. The summed E-state index contributed by atoms with van der Waals surface area (Å²) in [6.07, 6.45) is 1.10. The molecule has 47 heavy (non-hydrogen) atoms. The highest BCUT2D eigenvalue weighted by Crippen LogP contribution is 2.17. The zero-order valence-electron chi connectivity index (χ0n) is 28.0. The van der Waals surface area contributed by atoms with Crippen LogP contribution < -0.4 is 21.1 Å². The van der Waals surface area contributed by atoms with E-state index in [4.69, 9.17) is 10.5 Å². The fourth-order valence-electron chi connectivity index (χ4n) is 5.64. The van der Waals surface area contributed by atoms with Crippen molar-refractivity contribution in [2.75, 3.05) is 26.7 Å². The second-order valence-electron chi connectivity index (χ2n) is 12.0. The van der Waals surface area contributed by atoms with Crippen LogP contribution in [0.1, 0.15) is 60.1 Å². The first-order valence-electron chi connectivity index (χ1n) is 16.2. The molecular formula is C37H49FN4O5. The molecule has 3 aromatic rings. The van der Waals surface area contributed by atoms with E-state index in [-0.39, 0.29) is 49.9 Å². The summed E-state index contributed by atoms with van der Waals surface area (Å²) in [5.74, 6) is -0.463. The van der Waals surface area contributed by atoms with Crippen LogP contribution >= 0.6 is 0 Å². The van der Waals surface area contributed by atoms with Crippen LogP contribution in [0.25, 0.3) is 0 Å². The van der Waals surface area contributed by atoms with Crippen LogP contribution in [0.3, 0.4) is 0 Å². The maximum absolute atomic E-state index is 14.0. The van der Waals surface area contributed by atoms with E-state index in [0.717, 1.165) is 29.7 Å². The third-order valence-corrected chi connectivity index (χ3v) is 7.86. The number of carbonyl (C=O) groups is 3. The molecule has 0 bridgehead atoms. The van der Waals surface area contributed by atoms with Crippen LogP contribution in [0.4, 0.5) is 4.39 Å². The first-order valence-corrected chi connectivity index (χ1v) is 16.2. The van der Waals surface area contributed by atoms with Crippen molar-refractivity contribution < 1.29 is 28.6 Å². The van der Waals surface area contributed by atoms with Gasteiger partial charge >= 0.3 is 0 Å². The number of carbonyl (C=O) groups excluding carboxylic acids is 3. The van der Waals surface area contributed by atoms with Crippen molar-refractivity contribution in [1.29, 1.82) is 0 Å². The van der Waals surface area contributed by atoms with Gasteiger partial charge in [-0.3, -0.25) is 14.4 Å². The van der Waals surface area contributed by atoms with Gasteiger partial charge in [0.05, 0.1) is 38.5 Å². The minimum absolute atomic E-state index is 0.0143. The Bertz CT molecular complexity index is 1490. The van der Waals surface area contributed by atoms with E-state index in [2.05, 4.69) is 10.6 Å². The summed E-state index contributed by atoms with van der Waals surface area (Å²) >= 11 is 0. The van der Waals surface area contributed by atoms with Gasteiger partial charge in [-0.25, -0.2) is 4.39 Å². The number of hydrogen-bond acceptors (Lipinski definition) is 6. The summed E-state index contributed by atoms with van der Waals surface area (Å²) in [6.45, 7) is 7.71. The Morgan fingerprint density at radius 1 is 0.894 bits per heavy atom. The second-order valence-corrected chi connectivity index (χ2v) is 12.0. The van der Waals surface area contributed by atoms with Gasteiger partial charge in [-0.15, -0.1) is 0 Å². The Morgan fingerprint density at radius 2 is 1.55 bits per heavy atom. The molecule has 0 spiro atoms. The zero-order chi connectivity index (χ0) is 34.3. The number of nitrogens with one attached hydrogen (secondary N) is 2. The molecule has 5 N–H and O–H groups in total. The molecule has 3 aromatic carbocycles. The predicted molar refractivity (Wildman–Crippen MR) is 181 cm³/mol. The van der Waals surface area contributed by atoms with Crippen LogP contribution in [-0.2, 0) is 46.6 Å². The molecule has 0 fully saturated rings. The van der Waals surface area contributed by atoms with Crippen molar-refractivity contribution in [3.05, 3.63) is 99.9 Å².